The van der Waals surface area contributed by atoms with Gasteiger partial charge in [0, 0.05) is 0 Å². The topological polar surface area (TPSA) is 12.4 Å². The minimum atomic E-state index is 0.345. The zero-order valence-corrected chi connectivity index (χ0v) is 8.04. The Hall–Kier alpha value is -0.590. The fourth-order valence-corrected chi connectivity index (χ4v) is 0.704. The molecule has 0 heterocycles. The van der Waals surface area contributed by atoms with E-state index in [0.717, 1.165) is 6.42 Å². The molecule has 0 aromatic rings. The maximum Gasteiger partial charge on any atom is 0.0647 e. The van der Waals surface area contributed by atoms with Crippen molar-refractivity contribution in [1.29, 1.82) is 0 Å². The molecule has 0 fully saturated rings. The van der Waals surface area contributed by atoms with Crippen molar-refractivity contribution in [2.45, 2.75) is 40.2 Å². The molecule has 0 aromatic heterocycles. The summed E-state index contributed by atoms with van der Waals surface area (Å²) in [4.78, 5) is 4.30. The predicted octanol–water partition coefficient (Wildman–Crippen LogP) is 3.07. The van der Waals surface area contributed by atoms with Crippen LogP contribution in [0.1, 0.15) is 34.1 Å². The van der Waals surface area contributed by atoms with Crippen molar-refractivity contribution in [3.05, 3.63) is 12.2 Å². The van der Waals surface area contributed by atoms with Crippen molar-refractivity contribution < 1.29 is 0 Å². The molecule has 0 saturated heterocycles. The maximum atomic E-state index is 4.30. The third-order valence-corrected chi connectivity index (χ3v) is 1.30. The van der Waals surface area contributed by atoms with Crippen molar-refractivity contribution in [1.82, 2.24) is 0 Å². The molecule has 1 heteroatoms. The lowest BCUT2D eigenvalue weighted by Crippen LogP contribution is -1.93. The Labute approximate surface area is 70.2 Å². The molecule has 11 heavy (non-hydrogen) atoms. The van der Waals surface area contributed by atoms with Gasteiger partial charge in [-0.2, -0.15) is 0 Å². The van der Waals surface area contributed by atoms with Crippen LogP contribution in [0.25, 0.3) is 0 Å². The molecule has 64 valence electrons. The van der Waals surface area contributed by atoms with Gasteiger partial charge in [0.25, 0.3) is 0 Å². The summed E-state index contributed by atoms with van der Waals surface area (Å²) >= 11 is 0. The molecule has 0 aliphatic carbocycles. The molecule has 1 unspecified atom stereocenters. The Kier molecular flexibility index (Phi) is 5.81. The summed E-state index contributed by atoms with van der Waals surface area (Å²) in [5, 5.41) is 0. The molecule has 0 N–H and O–H groups in total. The Morgan fingerprint density at radius 1 is 1.18 bits per heavy atom. The fourth-order valence-electron chi connectivity index (χ4n) is 0.704. The van der Waals surface area contributed by atoms with Crippen LogP contribution in [-0.2, 0) is 0 Å². The quantitative estimate of drug-likeness (QED) is 0.435. The van der Waals surface area contributed by atoms with Gasteiger partial charge in [-0.05, 0) is 25.5 Å². The highest BCUT2D eigenvalue weighted by Gasteiger charge is 1.89. The molecule has 0 aliphatic heterocycles. The highest BCUT2D eigenvalue weighted by molar-refractivity contribution is 5.57. The van der Waals surface area contributed by atoms with Gasteiger partial charge in [-0.25, -0.2) is 0 Å². The minimum absolute atomic E-state index is 0.345. The number of nitrogens with zero attached hydrogens (tertiary/aromatic N) is 1. The van der Waals surface area contributed by atoms with Crippen LogP contribution in [0.4, 0.5) is 0 Å². The van der Waals surface area contributed by atoms with Gasteiger partial charge in [-0.1, -0.05) is 32.9 Å². The molecule has 0 radical (unpaired) electrons. The second-order valence-electron chi connectivity index (χ2n) is 3.11. The summed E-state index contributed by atoms with van der Waals surface area (Å²) < 4.78 is 0. The standard InChI is InChI=1S/C10H19N/c1-5-8-11-10(4)7-6-9(2)3/h6-10H,5H2,1-4H3/b7-6+,11-8+. The number of aliphatic imine (C=N–C) groups is 1. The van der Waals surface area contributed by atoms with E-state index in [4.69, 9.17) is 0 Å². The van der Waals surface area contributed by atoms with Crippen LogP contribution in [-0.4, -0.2) is 12.3 Å². The number of allylic oxidation sites excluding steroid dienone is 1. The fraction of sp³-hybridized carbons (Fsp3) is 0.700. The summed E-state index contributed by atoms with van der Waals surface area (Å²) in [6, 6.07) is 0.345. The summed E-state index contributed by atoms with van der Waals surface area (Å²) in [6.07, 6.45) is 7.34. The number of rotatable bonds is 4. The lowest BCUT2D eigenvalue weighted by atomic mass is 10.2. The van der Waals surface area contributed by atoms with Gasteiger partial charge in [-0.15, -0.1) is 0 Å². The molecule has 0 aliphatic rings. The molecule has 0 aromatic carbocycles. The Bertz CT molecular complexity index is 134. The van der Waals surface area contributed by atoms with E-state index in [2.05, 4.69) is 44.8 Å². The zero-order valence-electron chi connectivity index (χ0n) is 8.04. The average Bonchev–Trinajstić information content (AvgIpc) is 1.97. The summed E-state index contributed by atoms with van der Waals surface area (Å²) in [5.41, 5.74) is 0. The van der Waals surface area contributed by atoms with Crippen molar-refractivity contribution >= 4 is 6.21 Å². The van der Waals surface area contributed by atoms with Gasteiger partial charge >= 0.3 is 0 Å². The van der Waals surface area contributed by atoms with Crippen LogP contribution in [0.15, 0.2) is 17.1 Å². The molecule has 0 spiro atoms. The zero-order chi connectivity index (χ0) is 8.69. The lowest BCUT2D eigenvalue weighted by molar-refractivity contribution is 0.812. The first-order valence-corrected chi connectivity index (χ1v) is 4.36. The Morgan fingerprint density at radius 3 is 2.27 bits per heavy atom. The SMILES string of the molecule is CC/C=N/C(C)/C=C/C(C)C. The normalized spacial score (nSPS) is 15.4. The highest BCUT2D eigenvalue weighted by atomic mass is 14.7. The summed E-state index contributed by atoms with van der Waals surface area (Å²) in [7, 11) is 0. The van der Waals surface area contributed by atoms with Crippen LogP contribution < -0.4 is 0 Å². The van der Waals surface area contributed by atoms with E-state index in [-0.39, 0.29) is 0 Å². The molecule has 0 amide bonds. The molecule has 0 saturated carbocycles. The third-order valence-electron chi connectivity index (χ3n) is 1.30. The maximum absolute atomic E-state index is 4.30. The van der Waals surface area contributed by atoms with Gasteiger partial charge in [-0.3, -0.25) is 4.99 Å². The van der Waals surface area contributed by atoms with Crippen molar-refractivity contribution in [2.75, 3.05) is 0 Å². The van der Waals surface area contributed by atoms with E-state index in [1.54, 1.807) is 0 Å². The van der Waals surface area contributed by atoms with Crippen LogP contribution in [0.5, 0.6) is 0 Å². The second kappa shape index (κ2) is 6.14. The molecule has 1 atom stereocenters. The van der Waals surface area contributed by atoms with Gasteiger partial charge in [0.05, 0.1) is 6.04 Å². The monoisotopic (exact) mass is 153 g/mol. The second-order valence-corrected chi connectivity index (χ2v) is 3.11. The van der Waals surface area contributed by atoms with Gasteiger partial charge in [0.15, 0.2) is 0 Å². The first-order chi connectivity index (χ1) is 5.16. The third kappa shape index (κ3) is 7.31. The molecule has 1 nitrogen and oxygen atoms in total. The van der Waals surface area contributed by atoms with E-state index in [1.807, 2.05) is 6.21 Å². The molecule has 0 rings (SSSR count). The molecular formula is C10H19N. The van der Waals surface area contributed by atoms with Crippen molar-refractivity contribution in [3.8, 4) is 0 Å². The van der Waals surface area contributed by atoms with E-state index in [0.29, 0.717) is 12.0 Å². The van der Waals surface area contributed by atoms with E-state index < -0.39 is 0 Å². The minimum Gasteiger partial charge on any atom is -0.290 e. The smallest absolute Gasteiger partial charge is 0.0647 e. The first kappa shape index (κ1) is 10.4. The average molecular weight is 153 g/mol. The lowest BCUT2D eigenvalue weighted by Gasteiger charge is -1.98. The Balaban J connectivity index is 3.67. The Morgan fingerprint density at radius 2 is 1.82 bits per heavy atom. The van der Waals surface area contributed by atoms with Gasteiger partial charge < -0.3 is 0 Å². The largest absolute Gasteiger partial charge is 0.290 e. The molecule has 0 bridgehead atoms. The van der Waals surface area contributed by atoms with Gasteiger partial charge in [0.1, 0.15) is 0 Å². The van der Waals surface area contributed by atoms with Crippen LogP contribution >= 0.6 is 0 Å². The van der Waals surface area contributed by atoms with Crippen molar-refractivity contribution in [3.63, 3.8) is 0 Å². The van der Waals surface area contributed by atoms with Gasteiger partial charge in [0.2, 0.25) is 0 Å². The first-order valence-electron chi connectivity index (χ1n) is 4.36. The van der Waals surface area contributed by atoms with Crippen molar-refractivity contribution in [2.24, 2.45) is 10.9 Å². The van der Waals surface area contributed by atoms with E-state index in [1.165, 1.54) is 0 Å². The van der Waals surface area contributed by atoms with Crippen LogP contribution in [0.3, 0.4) is 0 Å². The summed E-state index contributed by atoms with van der Waals surface area (Å²) in [5.74, 6) is 0.634. The summed E-state index contributed by atoms with van der Waals surface area (Å²) in [6.45, 7) is 8.55. The molecular weight excluding hydrogens is 134 g/mol. The van der Waals surface area contributed by atoms with Crippen LogP contribution in [0, 0.1) is 5.92 Å². The number of hydrogen-bond donors (Lipinski definition) is 0. The predicted molar refractivity (Wildman–Crippen MR) is 52.2 cm³/mol. The number of hydrogen-bond acceptors (Lipinski definition) is 1. The van der Waals surface area contributed by atoms with Crippen LogP contribution in [0.2, 0.25) is 0 Å². The highest BCUT2D eigenvalue weighted by Crippen LogP contribution is 1.98. The van der Waals surface area contributed by atoms with E-state index in [9.17, 15) is 0 Å². The van der Waals surface area contributed by atoms with E-state index >= 15 is 0 Å².